The SMILES string of the molecule is C=CCN1C(=O)C(=Cc2cc3cccc4c3n(c2=O)CC4)C(=O)NC1=S. The molecule has 0 unspecified atom stereocenters. The number of aryl methyl sites for hydroxylation is 2. The molecule has 0 aliphatic carbocycles. The minimum absolute atomic E-state index is 0.0375. The fraction of sp³-hybridized carbons (Fsp3) is 0.158. The van der Waals surface area contributed by atoms with E-state index in [-0.39, 0.29) is 22.8 Å². The zero-order valence-corrected chi connectivity index (χ0v) is 14.6. The summed E-state index contributed by atoms with van der Waals surface area (Å²) >= 11 is 5.03. The third-order valence-electron chi connectivity index (χ3n) is 4.63. The summed E-state index contributed by atoms with van der Waals surface area (Å²) in [5, 5.41) is 3.43. The molecule has 4 rings (SSSR count). The van der Waals surface area contributed by atoms with E-state index in [4.69, 9.17) is 12.2 Å². The number of rotatable bonds is 3. The molecule has 1 saturated heterocycles. The van der Waals surface area contributed by atoms with Crippen LogP contribution >= 0.6 is 12.2 Å². The molecule has 1 aromatic carbocycles. The van der Waals surface area contributed by atoms with Gasteiger partial charge in [0.05, 0.1) is 5.52 Å². The highest BCUT2D eigenvalue weighted by Gasteiger charge is 2.33. The Kier molecular flexibility index (Phi) is 3.81. The smallest absolute Gasteiger partial charge is 0.265 e. The van der Waals surface area contributed by atoms with E-state index in [9.17, 15) is 14.4 Å². The second-order valence-electron chi connectivity index (χ2n) is 6.18. The molecule has 0 radical (unpaired) electrons. The quantitative estimate of drug-likeness (QED) is 0.386. The summed E-state index contributed by atoms with van der Waals surface area (Å²) in [5.41, 5.74) is 2.04. The lowest BCUT2D eigenvalue weighted by Crippen LogP contribution is -2.53. The first kappa shape index (κ1) is 16.4. The molecule has 0 spiro atoms. The maximum absolute atomic E-state index is 12.8. The van der Waals surface area contributed by atoms with Crippen LogP contribution in [0.2, 0.25) is 0 Å². The number of nitrogens with one attached hydrogen (secondary N) is 1. The number of thiocarbonyl (C=S) groups is 1. The van der Waals surface area contributed by atoms with Crippen molar-refractivity contribution in [3.63, 3.8) is 0 Å². The maximum atomic E-state index is 12.8. The number of carbonyl (C=O) groups is 2. The summed E-state index contributed by atoms with van der Waals surface area (Å²) in [6, 6.07) is 7.60. The standard InChI is InChI=1S/C19H15N3O3S/c1-2-7-22-18(25)14(16(23)20-19(22)26)10-13-9-12-5-3-4-11-6-8-21(15(11)12)17(13)24/h2-5,9-10H,1,6-8H2,(H,20,23,26). The molecule has 130 valence electrons. The summed E-state index contributed by atoms with van der Waals surface area (Å²) in [4.78, 5) is 39.0. The number of pyridine rings is 1. The minimum atomic E-state index is -0.602. The van der Waals surface area contributed by atoms with Crippen molar-refractivity contribution in [2.45, 2.75) is 13.0 Å². The summed E-state index contributed by atoms with van der Waals surface area (Å²) in [6.07, 6.45) is 3.67. The number of amides is 2. The Hall–Kier alpha value is -3.06. The Morgan fingerprint density at radius 2 is 2.08 bits per heavy atom. The fourth-order valence-electron chi connectivity index (χ4n) is 3.44. The summed E-state index contributed by atoms with van der Waals surface area (Å²) in [5.74, 6) is -1.14. The van der Waals surface area contributed by atoms with Gasteiger partial charge in [0.15, 0.2) is 5.11 Å². The van der Waals surface area contributed by atoms with Gasteiger partial charge in [0.25, 0.3) is 17.4 Å². The van der Waals surface area contributed by atoms with E-state index in [0.717, 1.165) is 22.9 Å². The molecule has 0 bridgehead atoms. The number of aromatic nitrogens is 1. The molecule has 1 aromatic heterocycles. The van der Waals surface area contributed by atoms with Gasteiger partial charge in [-0.3, -0.25) is 24.6 Å². The summed E-state index contributed by atoms with van der Waals surface area (Å²) < 4.78 is 1.70. The van der Waals surface area contributed by atoms with Crippen LogP contribution < -0.4 is 10.9 Å². The number of nitrogens with zero attached hydrogens (tertiary/aromatic N) is 2. The second-order valence-corrected chi connectivity index (χ2v) is 6.57. The molecular formula is C19H15N3O3S. The van der Waals surface area contributed by atoms with Crippen LogP contribution in [0.15, 0.2) is 47.3 Å². The van der Waals surface area contributed by atoms with Gasteiger partial charge in [0.2, 0.25) is 0 Å². The highest BCUT2D eigenvalue weighted by molar-refractivity contribution is 7.80. The van der Waals surface area contributed by atoms with E-state index in [0.29, 0.717) is 12.1 Å². The molecule has 26 heavy (non-hydrogen) atoms. The van der Waals surface area contributed by atoms with Crippen LogP contribution in [-0.2, 0) is 22.6 Å². The van der Waals surface area contributed by atoms with Gasteiger partial charge in [-0.25, -0.2) is 0 Å². The van der Waals surface area contributed by atoms with Gasteiger partial charge >= 0.3 is 0 Å². The van der Waals surface area contributed by atoms with Gasteiger partial charge in [-0.2, -0.15) is 0 Å². The lowest BCUT2D eigenvalue weighted by atomic mass is 10.1. The van der Waals surface area contributed by atoms with Crippen molar-refractivity contribution in [2.75, 3.05) is 6.54 Å². The lowest BCUT2D eigenvalue weighted by molar-refractivity contribution is -0.128. The number of para-hydroxylation sites is 1. The highest BCUT2D eigenvalue weighted by atomic mass is 32.1. The normalized spacial score (nSPS) is 17.9. The monoisotopic (exact) mass is 365 g/mol. The summed E-state index contributed by atoms with van der Waals surface area (Å²) in [7, 11) is 0. The Morgan fingerprint density at radius 3 is 2.85 bits per heavy atom. The zero-order valence-electron chi connectivity index (χ0n) is 13.8. The third-order valence-corrected chi connectivity index (χ3v) is 4.95. The third kappa shape index (κ3) is 2.40. The van der Waals surface area contributed by atoms with Crippen molar-refractivity contribution in [1.29, 1.82) is 0 Å². The van der Waals surface area contributed by atoms with Gasteiger partial charge in [-0.1, -0.05) is 24.3 Å². The Morgan fingerprint density at radius 1 is 1.27 bits per heavy atom. The van der Waals surface area contributed by atoms with Crippen LogP contribution in [0.25, 0.3) is 17.0 Å². The van der Waals surface area contributed by atoms with E-state index in [1.54, 1.807) is 10.6 Å². The maximum Gasteiger partial charge on any atom is 0.265 e. The number of carbonyl (C=O) groups excluding carboxylic acids is 2. The van der Waals surface area contributed by atoms with E-state index >= 15 is 0 Å². The van der Waals surface area contributed by atoms with E-state index in [1.807, 2.05) is 18.2 Å². The van der Waals surface area contributed by atoms with Gasteiger partial charge in [-0.15, -0.1) is 6.58 Å². The van der Waals surface area contributed by atoms with E-state index in [1.165, 1.54) is 17.1 Å². The van der Waals surface area contributed by atoms with Crippen molar-refractivity contribution in [1.82, 2.24) is 14.8 Å². The predicted octanol–water partition coefficient (Wildman–Crippen LogP) is 1.37. The Bertz CT molecular complexity index is 1100. The molecule has 3 heterocycles. The van der Waals surface area contributed by atoms with Gasteiger partial charge in [-0.05, 0) is 41.7 Å². The molecule has 2 aromatic rings. The van der Waals surface area contributed by atoms with Crippen molar-refractivity contribution in [2.24, 2.45) is 0 Å². The largest absolute Gasteiger partial charge is 0.307 e. The molecule has 2 aliphatic rings. The van der Waals surface area contributed by atoms with Crippen molar-refractivity contribution in [3.8, 4) is 0 Å². The van der Waals surface area contributed by atoms with Crippen LogP contribution in [0.4, 0.5) is 0 Å². The first-order valence-electron chi connectivity index (χ1n) is 8.16. The van der Waals surface area contributed by atoms with Crippen LogP contribution in [0.1, 0.15) is 11.1 Å². The average molecular weight is 365 g/mol. The number of hydrogen-bond donors (Lipinski definition) is 1. The van der Waals surface area contributed by atoms with Crippen LogP contribution in [0.5, 0.6) is 0 Å². The van der Waals surface area contributed by atoms with Crippen molar-refractivity contribution >= 4 is 46.1 Å². The molecule has 0 saturated carbocycles. The van der Waals surface area contributed by atoms with E-state index < -0.39 is 11.8 Å². The Labute approximate surface area is 154 Å². The average Bonchev–Trinajstić information content (AvgIpc) is 3.05. The van der Waals surface area contributed by atoms with Crippen LogP contribution in [0, 0.1) is 0 Å². The van der Waals surface area contributed by atoms with Gasteiger partial charge < -0.3 is 4.57 Å². The number of hydrogen-bond acceptors (Lipinski definition) is 4. The van der Waals surface area contributed by atoms with Gasteiger partial charge in [0.1, 0.15) is 5.57 Å². The molecule has 2 aliphatic heterocycles. The topological polar surface area (TPSA) is 71.4 Å². The van der Waals surface area contributed by atoms with Gasteiger partial charge in [0, 0.05) is 18.7 Å². The molecule has 1 N–H and O–H groups in total. The van der Waals surface area contributed by atoms with Crippen molar-refractivity contribution in [3.05, 3.63) is 64.0 Å². The van der Waals surface area contributed by atoms with Crippen LogP contribution in [0.3, 0.4) is 0 Å². The van der Waals surface area contributed by atoms with Crippen LogP contribution in [-0.4, -0.2) is 32.9 Å². The molecular weight excluding hydrogens is 350 g/mol. The first-order valence-corrected chi connectivity index (χ1v) is 8.57. The molecule has 7 heteroatoms. The molecule has 6 nitrogen and oxygen atoms in total. The predicted molar refractivity (Wildman–Crippen MR) is 103 cm³/mol. The highest BCUT2D eigenvalue weighted by Crippen LogP contribution is 2.25. The molecule has 1 fully saturated rings. The Balaban J connectivity index is 1.86. The second kappa shape index (κ2) is 6.03. The van der Waals surface area contributed by atoms with Crippen molar-refractivity contribution < 1.29 is 9.59 Å². The molecule has 0 atom stereocenters. The molecule has 2 amide bonds. The fourth-order valence-corrected chi connectivity index (χ4v) is 3.69. The van der Waals surface area contributed by atoms with E-state index in [2.05, 4.69) is 11.9 Å². The minimum Gasteiger partial charge on any atom is -0.307 e. The first-order chi connectivity index (χ1) is 12.5. The summed E-state index contributed by atoms with van der Waals surface area (Å²) in [6.45, 7) is 4.37. The number of benzene rings is 1. The lowest BCUT2D eigenvalue weighted by Gasteiger charge is -2.27. The zero-order chi connectivity index (χ0) is 18.4.